The molecule has 3 heteroatoms. The minimum atomic E-state index is 1.01. The van der Waals surface area contributed by atoms with E-state index in [0.29, 0.717) is 0 Å². The summed E-state index contributed by atoms with van der Waals surface area (Å²) in [4.78, 5) is 0. The third-order valence-electron chi connectivity index (χ3n) is 2.30. The normalized spacial score (nSPS) is 11.1. The van der Waals surface area contributed by atoms with Gasteiger partial charge in [-0.25, -0.2) is 0 Å². The van der Waals surface area contributed by atoms with Crippen molar-refractivity contribution < 1.29 is 0 Å². The fourth-order valence-corrected chi connectivity index (χ4v) is 4.46. The predicted molar refractivity (Wildman–Crippen MR) is 68.0 cm³/mol. The van der Waals surface area contributed by atoms with E-state index in [1.54, 1.807) is 20.7 Å². The number of hydrogen-bond acceptors (Lipinski definition) is 3. The Morgan fingerprint density at radius 3 is 2.64 bits per heavy atom. The summed E-state index contributed by atoms with van der Waals surface area (Å²) < 4.78 is 2.34. The second-order valence-corrected chi connectivity index (χ2v) is 5.93. The van der Waals surface area contributed by atoms with Gasteiger partial charge in [0, 0.05) is 10.8 Å². The van der Waals surface area contributed by atoms with Gasteiger partial charge in [-0.1, -0.05) is 69.3 Å². The molecule has 0 unspecified atom stereocenters. The van der Waals surface area contributed by atoms with Gasteiger partial charge in [-0.3, -0.25) is 0 Å². The summed E-state index contributed by atoms with van der Waals surface area (Å²) in [6, 6.07) is 12.7. The van der Waals surface area contributed by atoms with Crippen molar-refractivity contribution in [2.45, 2.75) is 0 Å². The Bertz CT molecular complexity index is 661. The topological polar surface area (TPSA) is 0 Å². The molecule has 0 saturated carbocycles. The van der Waals surface area contributed by atoms with Crippen LogP contribution < -0.4 is 0 Å². The summed E-state index contributed by atoms with van der Waals surface area (Å²) in [6.45, 7) is 0. The molecule has 3 rings (SSSR count). The number of hydrogen-bond donors (Lipinski definition) is 0. The number of fused-ring (bicyclic) bond motifs is 3. The van der Waals surface area contributed by atoms with Gasteiger partial charge in [-0.05, 0) is 5.39 Å². The molecular weight excluding hydrogens is 228 g/mol. The van der Waals surface area contributed by atoms with Gasteiger partial charge in [0.1, 0.15) is 3.82 Å². The fourth-order valence-electron chi connectivity index (χ4n) is 1.62. The SMILES string of the molecule is S=c1ssc2c1ccc1ccccc12. The molecule has 14 heavy (non-hydrogen) atoms. The summed E-state index contributed by atoms with van der Waals surface area (Å²) in [7, 11) is 3.47. The van der Waals surface area contributed by atoms with E-state index in [2.05, 4.69) is 36.4 Å². The largest absolute Gasteiger partial charge is 0.109 e. The fraction of sp³-hybridized carbons (Fsp3) is 0. The maximum atomic E-state index is 5.28. The van der Waals surface area contributed by atoms with Crippen LogP contribution in [-0.2, 0) is 0 Å². The van der Waals surface area contributed by atoms with E-state index in [0.717, 1.165) is 3.82 Å². The van der Waals surface area contributed by atoms with Gasteiger partial charge in [0.15, 0.2) is 0 Å². The van der Waals surface area contributed by atoms with Crippen molar-refractivity contribution in [1.82, 2.24) is 0 Å². The van der Waals surface area contributed by atoms with Gasteiger partial charge < -0.3 is 0 Å². The summed E-state index contributed by atoms with van der Waals surface area (Å²) in [5.74, 6) is 0. The monoisotopic (exact) mass is 234 g/mol. The number of rotatable bonds is 0. The smallest absolute Gasteiger partial charge is 0.0779 e. The second kappa shape index (κ2) is 3.12. The molecule has 0 aliphatic carbocycles. The van der Waals surface area contributed by atoms with Gasteiger partial charge in [0.2, 0.25) is 0 Å². The average Bonchev–Trinajstić information content (AvgIpc) is 2.61. The highest BCUT2D eigenvalue weighted by atomic mass is 32.9. The van der Waals surface area contributed by atoms with E-state index < -0.39 is 0 Å². The lowest BCUT2D eigenvalue weighted by Gasteiger charge is -1.96. The van der Waals surface area contributed by atoms with E-state index in [1.165, 1.54) is 20.9 Å². The van der Waals surface area contributed by atoms with Gasteiger partial charge in [0.05, 0.1) is 4.70 Å². The predicted octanol–water partition coefficient (Wildman–Crippen LogP) is 4.85. The summed E-state index contributed by atoms with van der Waals surface area (Å²) in [6.07, 6.45) is 0. The molecule has 0 radical (unpaired) electrons. The highest BCUT2D eigenvalue weighted by molar-refractivity contribution is 7.81. The lowest BCUT2D eigenvalue weighted by atomic mass is 10.1. The first kappa shape index (κ1) is 8.53. The lowest BCUT2D eigenvalue weighted by molar-refractivity contribution is 1.82. The van der Waals surface area contributed by atoms with Gasteiger partial charge in [-0.2, -0.15) is 0 Å². The zero-order valence-electron chi connectivity index (χ0n) is 7.19. The molecule has 68 valence electrons. The Kier molecular flexibility index (Phi) is 1.90. The van der Waals surface area contributed by atoms with Crippen LogP contribution in [0.5, 0.6) is 0 Å². The molecule has 0 atom stereocenters. The zero-order valence-corrected chi connectivity index (χ0v) is 9.64. The zero-order chi connectivity index (χ0) is 9.54. The Hall–Kier alpha value is -0.770. The maximum absolute atomic E-state index is 5.28. The Labute approximate surface area is 93.8 Å². The molecule has 0 fully saturated rings. The molecule has 0 nitrogen and oxygen atoms in total. The highest BCUT2D eigenvalue weighted by Gasteiger charge is 2.02. The standard InChI is InChI=1S/C11H6S3/c12-11-9-6-5-7-3-1-2-4-8(7)10(9)13-14-11/h1-6H. The van der Waals surface area contributed by atoms with Crippen LogP contribution in [0.25, 0.3) is 20.9 Å². The van der Waals surface area contributed by atoms with Crippen LogP contribution in [0.15, 0.2) is 36.4 Å². The van der Waals surface area contributed by atoms with Crippen molar-refractivity contribution in [3.63, 3.8) is 0 Å². The van der Waals surface area contributed by atoms with Crippen LogP contribution in [0.2, 0.25) is 0 Å². The molecule has 1 aromatic heterocycles. The average molecular weight is 234 g/mol. The van der Waals surface area contributed by atoms with Gasteiger partial charge in [0.25, 0.3) is 0 Å². The van der Waals surface area contributed by atoms with E-state index in [1.807, 2.05) is 0 Å². The van der Waals surface area contributed by atoms with Crippen LogP contribution >= 0.6 is 32.9 Å². The molecule has 1 heterocycles. The minimum absolute atomic E-state index is 1.01. The Balaban J connectivity index is 2.68. The van der Waals surface area contributed by atoms with E-state index in [9.17, 15) is 0 Å². The molecular formula is C11H6S3. The Morgan fingerprint density at radius 2 is 1.71 bits per heavy atom. The van der Waals surface area contributed by atoms with E-state index >= 15 is 0 Å². The van der Waals surface area contributed by atoms with Crippen LogP contribution in [0.3, 0.4) is 0 Å². The first-order valence-corrected chi connectivity index (χ1v) is 6.83. The molecule has 0 aliphatic rings. The molecule has 0 bridgehead atoms. The van der Waals surface area contributed by atoms with Crippen molar-refractivity contribution in [3.05, 3.63) is 40.2 Å². The van der Waals surface area contributed by atoms with Crippen molar-refractivity contribution in [2.75, 3.05) is 0 Å². The molecule has 0 N–H and O–H groups in total. The highest BCUT2D eigenvalue weighted by Crippen LogP contribution is 2.33. The van der Waals surface area contributed by atoms with Crippen LogP contribution in [0.1, 0.15) is 0 Å². The van der Waals surface area contributed by atoms with Crippen molar-refractivity contribution in [2.24, 2.45) is 0 Å². The van der Waals surface area contributed by atoms with Crippen LogP contribution in [0, 0.1) is 3.82 Å². The molecule has 0 aliphatic heterocycles. The van der Waals surface area contributed by atoms with Crippen LogP contribution in [0.4, 0.5) is 0 Å². The summed E-state index contributed by atoms with van der Waals surface area (Å²) >= 11 is 5.28. The molecule has 2 aromatic carbocycles. The van der Waals surface area contributed by atoms with Crippen molar-refractivity contribution >= 4 is 53.8 Å². The summed E-state index contributed by atoms with van der Waals surface area (Å²) in [5.41, 5.74) is 0. The van der Waals surface area contributed by atoms with Gasteiger partial charge in [-0.15, -0.1) is 0 Å². The second-order valence-electron chi connectivity index (χ2n) is 3.12. The van der Waals surface area contributed by atoms with Gasteiger partial charge >= 0.3 is 0 Å². The first-order valence-electron chi connectivity index (χ1n) is 4.27. The van der Waals surface area contributed by atoms with E-state index in [-0.39, 0.29) is 0 Å². The third-order valence-corrected chi connectivity index (χ3v) is 5.40. The molecule has 3 aromatic rings. The molecule has 0 amide bonds. The Morgan fingerprint density at radius 1 is 0.857 bits per heavy atom. The van der Waals surface area contributed by atoms with E-state index in [4.69, 9.17) is 12.2 Å². The minimum Gasteiger partial charge on any atom is -0.0779 e. The molecule has 0 spiro atoms. The summed E-state index contributed by atoms with van der Waals surface area (Å²) in [5, 5.41) is 3.85. The molecule has 0 saturated heterocycles. The van der Waals surface area contributed by atoms with Crippen molar-refractivity contribution in [1.29, 1.82) is 0 Å². The first-order chi connectivity index (χ1) is 6.86. The van der Waals surface area contributed by atoms with Crippen LogP contribution in [-0.4, -0.2) is 0 Å². The van der Waals surface area contributed by atoms with Crippen molar-refractivity contribution in [3.8, 4) is 0 Å². The lowest BCUT2D eigenvalue weighted by Crippen LogP contribution is -1.71. The maximum Gasteiger partial charge on any atom is 0.109 e. The quantitative estimate of drug-likeness (QED) is 0.396. The number of benzene rings is 2. The third kappa shape index (κ3) is 1.13.